The molecule has 0 aliphatic heterocycles. The maximum Gasteiger partial charge on any atom is 0.193 e. The number of aryl methyl sites for hydroxylation is 1. The van der Waals surface area contributed by atoms with Crippen molar-refractivity contribution in [2.75, 3.05) is 6.26 Å². The summed E-state index contributed by atoms with van der Waals surface area (Å²) in [7, 11) is -3.22. The molecular weight excluding hydrogens is 268 g/mol. The smallest absolute Gasteiger partial charge is 0.193 e. The molecule has 0 radical (unpaired) electrons. The van der Waals surface area contributed by atoms with Gasteiger partial charge in [0.25, 0.3) is 0 Å². The maximum absolute atomic E-state index is 12.1. The Morgan fingerprint density at radius 1 is 1.11 bits per heavy atom. The van der Waals surface area contributed by atoms with Crippen molar-refractivity contribution in [1.82, 2.24) is 0 Å². The van der Waals surface area contributed by atoms with Crippen molar-refractivity contribution in [3.63, 3.8) is 0 Å². The molecule has 3 nitrogen and oxygen atoms in total. The summed E-state index contributed by atoms with van der Waals surface area (Å²) < 4.78 is 22.6. The van der Waals surface area contributed by atoms with E-state index in [1.807, 2.05) is 18.4 Å². The summed E-state index contributed by atoms with van der Waals surface area (Å²) >= 11 is 1.52. The standard InChI is InChI=1S/C13H12O3S2/c1-9-7-11(8-17-9)13(14)10-3-5-12(6-4-10)18(2,15)16/h3-8H,1-2H3. The van der Waals surface area contributed by atoms with Crippen LogP contribution in [-0.4, -0.2) is 20.5 Å². The van der Waals surface area contributed by atoms with Crippen molar-refractivity contribution < 1.29 is 13.2 Å². The van der Waals surface area contributed by atoms with E-state index in [0.29, 0.717) is 11.1 Å². The van der Waals surface area contributed by atoms with Gasteiger partial charge in [-0.3, -0.25) is 4.79 Å². The first-order valence-corrected chi connectivity index (χ1v) is 8.05. The van der Waals surface area contributed by atoms with E-state index in [4.69, 9.17) is 0 Å². The zero-order valence-electron chi connectivity index (χ0n) is 10.0. The summed E-state index contributed by atoms with van der Waals surface area (Å²) in [6.07, 6.45) is 1.14. The summed E-state index contributed by atoms with van der Waals surface area (Å²) in [6, 6.07) is 7.85. The van der Waals surface area contributed by atoms with Gasteiger partial charge in [0.1, 0.15) is 0 Å². The number of carbonyl (C=O) groups is 1. The topological polar surface area (TPSA) is 51.2 Å². The van der Waals surface area contributed by atoms with Gasteiger partial charge in [0.05, 0.1) is 4.90 Å². The van der Waals surface area contributed by atoms with Gasteiger partial charge in [-0.1, -0.05) is 0 Å². The molecule has 0 amide bonds. The van der Waals surface area contributed by atoms with E-state index in [-0.39, 0.29) is 10.7 Å². The molecule has 2 rings (SSSR count). The van der Waals surface area contributed by atoms with Crippen LogP contribution in [-0.2, 0) is 9.84 Å². The SMILES string of the molecule is Cc1cc(C(=O)c2ccc(S(C)(=O)=O)cc2)cs1. The first-order valence-electron chi connectivity index (χ1n) is 5.28. The van der Waals surface area contributed by atoms with Crippen LogP contribution in [0.2, 0.25) is 0 Å². The van der Waals surface area contributed by atoms with Crippen molar-refractivity contribution in [1.29, 1.82) is 0 Å². The minimum atomic E-state index is -3.22. The second-order valence-corrected chi connectivity index (χ2v) is 7.20. The lowest BCUT2D eigenvalue weighted by molar-refractivity contribution is 0.103. The van der Waals surface area contributed by atoms with Gasteiger partial charge in [-0.15, -0.1) is 11.3 Å². The zero-order chi connectivity index (χ0) is 13.3. The van der Waals surface area contributed by atoms with Gasteiger partial charge in [-0.25, -0.2) is 8.42 Å². The van der Waals surface area contributed by atoms with Crippen LogP contribution in [0.1, 0.15) is 20.8 Å². The van der Waals surface area contributed by atoms with Crippen LogP contribution in [0.25, 0.3) is 0 Å². The highest BCUT2D eigenvalue weighted by atomic mass is 32.2. The van der Waals surface area contributed by atoms with E-state index in [1.165, 1.54) is 23.5 Å². The molecule has 0 unspecified atom stereocenters. The highest BCUT2D eigenvalue weighted by molar-refractivity contribution is 7.90. The molecule has 18 heavy (non-hydrogen) atoms. The molecule has 0 aliphatic carbocycles. The van der Waals surface area contributed by atoms with Gasteiger partial charge < -0.3 is 0 Å². The molecule has 2 aromatic rings. The highest BCUT2D eigenvalue weighted by Gasteiger charge is 2.12. The summed E-state index contributed by atoms with van der Waals surface area (Å²) in [5.74, 6) is -0.0839. The summed E-state index contributed by atoms with van der Waals surface area (Å²) in [5, 5.41) is 1.81. The summed E-state index contributed by atoms with van der Waals surface area (Å²) in [5.41, 5.74) is 1.14. The number of thiophene rings is 1. The lowest BCUT2D eigenvalue weighted by atomic mass is 10.1. The third kappa shape index (κ3) is 2.68. The molecule has 1 aromatic carbocycles. The van der Waals surface area contributed by atoms with E-state index < -0.39 is 9.84 Å². The fourth-order valence-electron chi connectivity index (χ4n) is 1.58. The average Bonchev–Trinajstić information content (AvgIpc) is 2.74. The van der Waals surface area contributed by atoms with E-state index in [2.05, 4.69) is 0 Å². The monoisotopic (exact) mass is 280 g/mol. The van der Waals surface area contributed by atoms with E-state index >= 15 is 0 Å². The molecule has 0 saturated heterocycles. The van der Waals surface area contributed by atoms with Crippen molar-refractivity contribution in [2.24, 2.45) is 0 Å². The maximum atomic E-state index is 12.1. The molecule has 0 saturated carbocycles. The van der Waals surface area contributed by atoms with Crippen molar-refractivity contribution in [3.8, 4) is 0 Å². The van der Waals surface area contributed by atoms with Crippen LogP contribution in [0.3, 0.4) is 0 Å². The molecule has 0 atom stereocenters. The number of hydrogen-bond donors (Lipinski definition) is 0. The van der Waals surface area contributed by atoms with Gasteiger partial charge in [0.15, 0.2) is 15.6 Å². The third-order valence-corrected chi connectivity index (χ3v) is 4.53. The lowest BCUT2D eigenvalue weighted by Gasteiger charge is -2.01. The van der Waals surface area contributed by atoms with Crippen LogP contribution in [0, 0.1) is 6.92 Å². The Kier molecular flexibility index (Phi) is 3.36. The molecule has 1 heterocycles. The number of carbonyl (C=O) groups excluding carboxylic acids is 1. The quantitative estimate of drug-likeness (QED) is 0.812. The van der Waals surface area contributed by atoms with E-state index in [9.17, 15) is 13.2 Å². The Bertz CT molecular complexity index is 679. The molecule has 0 spiro atoms. The summed E-state index contributed by atoms with van der Waals surface area (Å²) in [6.45, 7) is 1.94. The molecular formula is C13H12O3S2. The second kappa shape index (κ2) is 4.66. The van der Waals surface area contributed by atoms with Gasteiger partial charge >= 0.3 is 0 Å². The average molecular weight is 280 g/mol. The van der Waals surface area contributed by atoms with E-state index in [0.717, 1.165) is 11.1 Å². The van der Waals surface area contributed by atoms with Crippen LogP contribution in [0.5, 0.6) is 0 Å². The zero-order valence-corrected chi connectivity index (χ0v) is 11.6. The van der Waals surface area contributed by atoms with Crippen molar-refractivity contribution >= 4 is 27.0 Å². The summed E-state index contributed by atoms with van der Waals surface area (Å²) in [4.78, 5) is 13.4. The van der Waals surface area contributed by atoms with Crippen LogP contribution in [0.15, 0.2) is 40.6 Å². The Morgan fingerprint density at radius 2 is 1.72 bits per heavy atom. The van der Waals surface area contributed by atoms with E-state index in [1.54, 1.807) is 12.1 Å². The second-order valence-electron chi connectivity index (χ2n) is 4.07. The number of hydrogen-bond acceptors (Lipinski definition) is 4. The number of sulfone groups is 1. The first kappa shape index (κ1) is 13.0. The Morgan fingerprint density at radius 3 is 2.17 bits per heavy atom. The normalized spacial score (nSPS) is 11.4. The molecule has 0 aliphatic rings. The molecule has 0 N–H and O–H groups in total. The van der Waals surface area contributed by atoms with Gasteiger partial charge in [-0.05, 0) is 37.3 Å². The lowest BCUT2D eigenvalue weighted by Crippen LogP contribution is -2.01. The number of rotatable bonds is 3. The molecule has 94 valence electrons. The highest BCUT2D eigenvalue weighted by Crippen LogP contribution is 2.18. The third-order valence-electron chi connectivity index (χ3n) is 2.54. The fraction of sp³-hybridized carbons (Fsp3) is 0.154. The predicted molar refractivity (Wildman–Crippen MR) is 72.0 cm³/mol. The van der Waals surface area contributed by atoms with Crippen LogP contribution in [0.4, 0.5) is 0 Å². The molecule has 1 aromatic heterocycles. The number of benzene rings is 1. The minimum absolute atomic E-state index is 0.0839. The van der Waals surface area contributed by atoms with Crippen LogP contribution >= 0.6 is 11.3 Å². The predicted octanol–water partition coefficient (Wildman–Crippen LogP) is 2.69. The first-order chi connectivity index (χ1) is 8.38. The van der Waals surface area contributed by atoms with Crippen LogP contribution < -0.4 is 0 Å². The molecule has 0 fully saturated rings. The Hall–Kier alpha value is -1.46. The van der Waals surface area contributed by atoms with Gasteiger partial charge in [-0.2, -0.15) is 0 Å². The number of ketones is 1. The van der Waals surface area contributed by atoms with Gasteiger partial charge in [0.2, 0.25) is 0 Å². The Balaban J connectivity index is 2.33. The molecule has 0 bridgehead atoms. The Labute approximate surface area is 110 Å². The molecule has 5 heteroatoms. The minimum Gasteiger partial charge on any atom is -0.289 e. The van der Waals surface area contributed by atoms with Gasteiger partial charge in [0, 0.05) is 27.6 Å². The fourth-order valence-corrected chi connectivity index (χ4v) is 2.90. The van der Waals surface area contributed by atoms with Crippen molar-refractivity contribution in [2.45, 2.75) is 11.8 Å². The van der Waals surface area contributed by atoms with Crippen molar-refractivity contribution in [3.05, 3.63) is 51.7 Å². The largest absolute Gasteiger partial charge is 0.289 e.